The molecule has 0 atom stereocenters. The van der Waals surface area contributed by atoms with Crippen molar-refractivity contribution in [2.45, 2.75) is 38.3 Å². The first kappa shape index (κ1) is 18.5. The molecule has 0 bridgehead atoms. The number of rotatable bonds is 6. The number of carbonyl (C=O) groups is 1. The summed E-state index contributed by atoms with van der Waals surface area (Å²) in [6, 6.07) is 7.55. The first-order chi connectivity index (χ1) is 13.4. The van der Waals surface area contributed by atoms with Crippen LogP contribution in [-0.4, -0.2) is 27.3 Å². The molecule has 28 heavy (non-hydrogen) atoms. The molecular weight excluding hydrogens is 380 g/mol. The Kier molecular flexibility index (Phi) is 4.38. The summed E-state index contributed by atoms with van der Waals surface area (Å²) in [7, 11) is 1.59. The van der Waals surface area contributed by atoms with Crippen LogP contribution >= 0.6 is 11.3 Å². The van der Waals surface area contributed by atoms with E-state index in [0.29, 0.717) is 36.0 Å². The molecule has 1 N–H and O–H groups in total. The van der Waals surface area contributed by atoms with E-state index in [2.05, 4.69) is 0 Å². The molecule has 1 saturated carbocycles. The first-order valence-corrected chi connectivity index (χ1v) is 9.88. The Balaban J connectivity index is 1.88. The molecule has 8 heteroatoms. The number of nitrogens with zero attached hydrogens (tertiary/aromatic N) is 2. The topological polar surface area (TPSA) is 90.5 Å². The average Bonchev–Trinajstić information content (AvgIpc) is 3.39. The lowest BCUT2D eigenvalue weighted by Crippen LogP contribution is -2.48. The van der Waals surface area contributed by atoms with Gasteiger partial charge in [0.05, 0.1) is 12.5 Å². The monoisotopic (exact) mass is 400 g/mol. The molecule has 0 saturated heterocycles. The van der Waals surface area contributed by atoms with Gasteiger partial charge in [-0.3, -0.25) is 9.36 Å². The standard InChI is InChI=1S/C20H20N2O5S/c1-12-11-28-17-15(12)16(23)22(20(8-9-20)18(24)25)19(26)21(17)10-7-13-5-3-4-6-14(13)27-2/h3-6,11H,7-10H2,1-2H3,(H,24,25). The Bertz CT molecular complexity index is 1200. The molecule has 0 spiro atoms. The predicted molar refractivity (Wildman–Crippen MR) is 107 cm³/mol. The molecule has 0 radical (unpaired) electrons. The number of carboxylic acids is 1. The number of aromatic nitrogens is 2. The fourth-order valence-corrected chi connectivity index (χ4v) is 4.73. The SMILES string of the molecule is COc1ccccc1CCn1c(=O)n(C2(C(=O)O)CC2)c(=O)c2c(C)csc21. The van der Waals surface area contributed by atoms with Gasteiger partial charge in [0.15, 0.2) is 0 Å². The smallest absolute Gasteiger partial charge is 0.333 e. The number of methoxy groups -OCH3 is 1. The molecule has 1 aliphatic carbocycles. The van der Waals surface area contributed by atoms with Crippen LogP contribution < -0.4 is 16.0 Å². The van der Waals surface area contributed by atoms with Gasteiger partial charge in [-0.25, -0.2) is 14.2 Å². The fraction of sp³-hybridized carbons (Fsp3) is 0.350. The van der Waals surface area contributed by atoms with E-state index < -0.39 is 22.8 Å². The maximum absolute atomic E-state index is 13.2. The Hall–Kier alpha value is -2.87. The fourth-order valence-electron chi connectivity index (χ4n) is 3.66. The van der Waals surface area contributed by atoms with E-state index >= 15 is 0 Å². The highest BCUT2D eigenvalue weighted by molar-refractivity contribution is 7.17. The van der Waals surface area contributed by atoms with Gasteiger partial charge < -0.3 is 9.84 Å². The van der Waals surface area contributed by atoms with E-state index in [4.69, 9.17) is 4.74 Å². The molecule has 2 heterocycles. The molecule has 0 amide bonds. The average molecular weight is 400 g/mol. The van der Waals surface area contributed by atoms with Crippen LogP contribution in [0, 0.1) is 6.92 Å². The number of thiophene rings is 1. The second-order valence-electron chi connectivity index (χ2n) is 7.07. The molecular formula is C20H20N2O5S. The Labute approximate surface area is 164 Å². The predicted octanol–water partition coefficient (Wildman–Crippen LogP) is 2.36. The van der Waals surface area contributed by atoms with Crippen LogP contribution in [0.5, 0.6) is 5.75 Å². The third-order valence-electron chi connectivity index (χ3n) is 5.39. The van der Waals surface area contributed by atoms with Gasteiger partial charge >= 0.3 is 11.7 Å². The summed E-state index contributed by atoms with van der Waals surface area (Å²) in [6.45, 7) is 2.13. The van der Waals surface area contributed by atoms with Gasteiger partial charge in [-0.15, -0.1) is 11.3 Å². The van der Waals surface area contributed by atoms with Crippen LogP contribution in [0.2, 0.25) is 0 Å². The summed E-state index contributed by atoms with van der Waals surface area (Å²) in [5.41, 5.74) is -0.786. The van der Waals surface area contributed by atoms with E-state index in [9.17, 15) is 19.5 Å². The Morgan fingerprint density at radius 3 is 2.64 bits per heavy atom. The molecule has 1 fully saturated rings. The van der Waals surface area contributed by atoms with Crippen molar-refractivity contribution in [3.8, 4) is 5.75 Å². The zero-order valence-corrected chi connectivity index (χ0v) is 16.4. The van der Waals surface area contributed by atoms with E-state index in [-0.39, 0.29) is 0 Å². The molecule has 1 aromatic carbocycles. The minimum absolute atomic E-state index is 0.290. The number of hydrogen-bond acceptors (Lipinski definition) is 5. The van der Waals surface area contributed by atoms with Crippen molar-refractivity contribution in [3.05, 3.63) is 61.6 Å². The molecule has 0 aliphatic heterocycles. The molecule has 2 aromatic heterocycles. The summed E-state index contributed by atoms with van der Waals surface area (Å²) in [4.78, 5) is 38.6. The second-order valence-corrected chi connectivity index (χ2v) is 7.93. The number of fused-ring (bicyclic) bond motifs is 1. The van der Waals surface area contributed by atoms with Crippen LogP contribution in [0.1, 0.15) is 24.0 Å². The van der Waals surface area contributed by atoms with Crippen molar-refractivity contribution in [2.75, 3.05) is 7.11 Å². The minimum Gasteiger partial charge on any atom is -0.496 e. The number of para-hydroxylation sites is 1. The van der Waals surface area contributed by atoms with E-state index in [1.54, 1.807) is 14.0 Å². The van der Waals surface area contributed by atoms with Crippen molar-refractivity contribution < 1.29 is 14.6 Å². The summed E-state index contributed by atoms with van der Waals surface area (Å²) in [6.07, 6.45) is 1.10. The number of aliphatic carboxylic acids is 1. The third kappa shape index (κ3) is 2.67. The lowest BCUT2D eigenvalue weighted by Gasteiger charge is -2.17. The first-order valence-electron chi connectivity index (χ1n) is 9.00. The number of hydrogen-bond donors (Lipinski definition) is 1. The van der Waals surface area contributed by atoms with Crippen molar-refractivity contribution >= 4 is 27.5 Å². The van der Waals surface area contributed by atoms with Gasteiger partial charge in [-0.1, -0.05) is 18.2 Å². The quantitative estimate of drug-likeness (QED) is 0.686. The zero-order chi connectivity index (χ0) is 20.1. The van der Waals surface area contributed by atoms with Crippen LogP contribution in [0.3, 0.4) is 0 Å². The highest BCUT2D eigenvalue weighted by Gasteiger charge is 2.54. The van der Waals surface area contributed by atoms with Crippen molar-refractivity contribution in [1.82, 2.24) is 9.13 Å². The van der Waals surface area contributed by atoms with Gasteiger partial charge in [0.25, 0.3) is 5.56 Å². The van der Waals surface area contributed by atoms with Crippen LogP contribution in [0.25, 0.3) is 10.2 Å². The molecule has 4 rings (SSSR count). The largest absolute Gasteiger partial charge is 0.496 e. The lowest BCUT2D eigenvalue weighted by molar-refractivity contribution is -0.142. The third-order valence-corrected chi connectivity index (χ3v) is 6.51. The van der Waals surface area contributed by atoms with Crippen molar-refractivity contribution in [1.29, 1.82) is 0 Å². The normalized spacial score (nSPS) is 14.9. The number of ether oxygens (including phenoxy) is 1. The number of carboxylic acid groups (broad SMARTS) is 1. The van der Waals surface area contributed by atoms with Crippen LogP contribution in [-0.2, 0) is 23.3 Å². The van der Waals surface area contributed by atoms with Gasteiger partial charge in [0.1, 0.15) is 16.1 Å². The van der Waals surface area contributed by atoms with E-state index in [0.717, 1.165) is 21.4 Å². The highest BCUT2D eigenvalue weighted by Crippen LogP contribution is 2.42. The lowest BCUT2D eigenvalue weighted by atomic mass is 10.1. The maximum atomic E-state index is 13.2. The van der Waals surface area contributed by atoms with Crippen LogP contribution in [0.4, 0.5) is 0 Å². The van der Waals surface area contributed by atoms with Crippen molar-refractivity contribution in [2.24, 2.45) is 0 Å². The summed E-state index contributed by atoms with van der Waals surface area (Å²) in [5.74, 6) is -0.401. The van der Waals surface area contributed by atoms with E-state index in [1.807, 2.05) is 29.6 Å². The Morgan fingerprint density at radius 2 is 2.00 bits per heavy atom. The van der Waals surface area contributed by atoms with Gasteiger partial charge in [-0.05, 0) is 48.8 Å². The van der Waals surface area contributed by atoms with Crippen molar-refractivity contribution in [3.63, 3.8) is 0 Å². The van der Waals surface area contributed by atoms with Gasteiger partial charge in [-0.2, -0.15) is 0 Å². The number of benzene rings is 1. The molecule has 0 unspecified atom stereocenters. The van der Waals surface area contributed by atoms with Gasteiger partial charge in [0.2, 0.25) is 0 Å². The summed E-state index contributed by atoms with van der Waals surface area (Å²) >= 11 is 1.33. The second kappa shape index (κ2) is 6.63. The Morgan fingerprint density at radius 1 is 1.29 bits per heavy atom. The molecule has 146 valence electrons. The molecule has 7 nitrogen and oxygen atoms in total. The van der Waals surface area contributed by atoms with Gasteiger partial charge in [0, 0.05) is 6.54 Å². The molecule has 1 aliphatic rings. The minimum atomic E-state index is -1.41. The van der Waals surface area contributed by atoms with Crippen LogP contribution in [0.15, 0.2) is 39.2 Å². The van der Waals surface area contributed by atoms with E-state index in [1.165, 1.54) is 15.9 Å². The summed E-state index contributed by atoms with van der Waals surface area (Å²) < 4.78 is 7.87. The maximum Gasteiger partial charge on any atom is 0.333 e. The number of aryl methyl sites for hydroxylation is 3. The summed E-state index contributed by atoms with van der Waals surface area (Å²) in [5, 5.41) is 11.9. The highest BCUT2D eigenvalue weighted by atomic mass is 32.1. The molecule has 3 aromatic rings. The zero-order valence-electron chi connectivity index (χ0n) is 15.6.